The van der Waals surface area contributed by atoms with Gasteiger partial charge in [-0.15, -0.1) is 0 Å². The summed E-state index contributed by atoms with van der Waals surface area (Å²) in [6.07, 6.45) is 4.60. The zero-order valence-corrected chi connectivity index (χ0v) is 25.0. The number of benzene rings is 2. The number of hydrogen-bond acceptors (Lipinski definition) is 8. The van der Waals surface area contributed by atoms with E-state index in [2.05, 4.69) is 91.6 Å². The number of unbranched alkanes of at least 4 members (excludes halogenated alkanes) is 2. The number of aromatic amines is 1. The van der Waals surface area contributed by atoms with Crippen LogP contribution in [0.5, 0.6) is 0 Å². The quantitative estimate of drug-likeness (QED) is 0.0875. The Balaban J connectivity index is 1.05. The molecule has 1 fully saturated rings. The summed E-state index contributed by atoms with van der Waals surface area (Å²) in [6, 6.07) is 21.4. The molecule has 0 spiro atoms. The van der Waals surface area contributed by atoms with Gasteiger partial charge in [0.15, 0.2) is 0 Å². The van der Waals surface area contributed by atoms with Gasteiger partial charge in [0.2, 0.25) is 5.91 Å². The van der Waals surface area contributed by atoms with Gasteiger partial charge in [-0.3, -0.25) is 19.8 Å². The predicted octanol–water partition coefficient (Wildman–Crippen LogP) is 5.00. The lowest BCUT2D eigenvalue weighted by Gasteiger charge is -2.34. The number of aromatic nitrogens is 3. The predicted molar refractivity (Wildman–Crippen MR) is 169 cm³/mol. The topological polar surface area (TPSA) is 119 Å². The second kappa shape index (κ2) is 15.6. The van der Waals surface area contributed by atoms with E-state index in [1.807, 2.05) is 6.07 Å². The first kappa shape index (κ1) is 30.6. The van der Waals surface area contributed by atoms with Crippen LogP contribution in [0.15, 0.2) is 67.0 Å². The maximum absolute atomic E-state index is 11.0. The molecule has 43 heavy (non-hydrogen) atoms. The highest BCUT2D eigenvalue weighted by Gasteiger charge is 2.17. The SMILES string of the molecule is CC(Nc1ncnc2[nH]c(-c3ccc(CN4CCN(CCOCCCCCC(=O)NO)CC4)cc3)cc12)c1ccccc1. The van der Waals surface area contributed by atoms with Crippen molar-refractivity contribution in [3.8, 4) is 11.3 Å². The summed E-state index contributed by atoms with van der Waals surface area (Å²) in [5.74, 6) is 0.503. The molecule has 5 rings (SSSR count). The Kier molecular flexibility index (Phi) is 11.1. The van der Waals surface area contributed by atoms with Crippen LogP contribution in [-0.2, 0) is 16.1 Å². The van der Waals surface area contributed by atoms with E-state index in [4.69, 9.17) is 9.94 Å². The molecule has 0 radical (unpaired) electrons. The zero-order valence-electron chi connectivity index (χ0n) is 25.0. The van der Waals surface area contributed by atoms with Crippen molar-refractivity contribution in [2.24, 2.45) is 0 Å². The number of amides is 1. The van der Waals surface area contributed by atoms with Gasteiger partial charge < -0.3 is 15.0 Å². The number of nitrogens with one attached hydrogen (secondary N) is 3. The Morgan fingerprint density at radius 2 is 1.74 bits per heavy atom. The number of ether oxygens (including phenoxy) is 1. The maximum atomic E-state index is 11.0. The Morgan fingerprint density at radius 1 is 0.977 bits per heavy atom. The van der Waals surface area contributed by atoms with Crippen molar-refractivity contribution in [1.82, 2.24) is 30.2 Å². The van der Waals surface area contributed by atoms with Crippen molar-refractivity contribution in [3.63, 3.8) is 0 Å². The lowest BCUT2D eigenvalue weighted by molar-refractivity contribution is -0.129. The van der Waals surface area contributed by atoms with Gasteiger partial charge in [-0.1, -0.05) is 61.0 Å². The highest BCUT2D eigenvalue weighted by molar-refractivity contribution is 5.91. The van der Waals surface area contributed by atoms with E-state index in [1.165, 1.54) is 11.1 Å². The summed E-state index contributed by atoms with van der Waals surface area (Å²) in [5, 5.41) is 13.0. The first-order valence-corrected chi connectivity index (χ1v) is 15.3. The van der Waals surface area contributed by atoms with Gasteiger partial charge in [0, 0.05) is 64.0 Å². The number of rotatable bonds is 15. The van der Waals surface area contributed by atoms with Crippen molar-refractivity contribution in [2.75, 3.05) is 51.3 Å². The molecule has 1 aliphatic rings. The first-order valence-electron chi connectivity index (χ1n) is 15.3. The molecule has 1 amide bonds. The third-order valence-electron chi connectivity index (χ3n) is 8.08. The van der Waals surface area contributed by atoms with Crippen LogP contribution in [0.3, 0.4) is 0 Å². The number of carbonyl (C=O) groups is 1. The van der Waals surface area contributed by atoms with E-state index in [0.29, 0.717) is 13.0 Å². The average Bonchev–Trinajstić information content (AvgIpc) is 3.49. The van der Waals surface area contributed by atoms with Gasteiger partial charge in [0.25, 0.3) is 0 Å². The van der Waals surface area contributed by atoms with Crippen molar-refractivity contribution in [3.05, 3.63) is 78.1 Å². The molecule has 0 aliphatic carbocycles. The number of nitrogens with zero attached hydrogens (tertiary/aromatic N) is 4. The molecule has 10 heteroatoms. The molecule has 1 saturated heterocycles. The van der Waals surface area contributed by atoms with Crippen molar-refractivity contribution >= 4 is 22.8 Å². The molecule has 0 saturated carbocycles. The zero-order chi connectivity index (χ0) is 29.9. The van der Waals surface area contributed by atoms with Crippen LogP contribution in [0.1, 0.15) is 49.8 Å². The average molecular weight is 586 g/mol. The Labute approximate surface area is 253 Å². The molecule has 2 aromatic heterocycles. The Bertz CT molecular complexity index is 1420. The van der Waals surface area contributed by atoms with Crippen LogP contribution in [0, 0.1) is 0 Å². The van der Waals surface area contributed by atoms with E-state index in [9.17, 15) is 4.79 Å². The fourth-order valence-corrected chi connectivity index (χ4v) is 5.48. The Morgan fingerprint density at radius 3 is 2.51 bits per heavy atom. The molecular formula is C33H43N7O3. The fraction of sp³-hybridized carbons (Fsp3) is 0.424. The number of H-pyrrole nitrogens is 1. The molecule has 10 nitrogen and oxygen atoms in total. The minimum absolute atomic E-state index is 0.129. The number of piperazine rings is 1. The molecule has 3 heterocycles. The van der Waals surface area contributed by atoms with Crippen LogP contribution in [0.4, 0.5) is 5.82 Å². The van der Waals surface area contributed by atoms with E-state index in [-0.39, 0.29) is 11.9 Å². The first-order chi connectivity index (χ1) is 21.1. The van der Waals surface area contributed by atoms with E-state index >= 15 is 0 Å². The van der Waals surface area contributed by atoms with Crippen molar-refractivity contribution in [2.45, 2.75) is 45.2 Å². The van der Waals surface area contributed by atoms with E-state index in [1.54, 1.807) is 11.8 Å². The van der Waals surface area contributed by atoms with Crippen LogP contribution in [0.25, 0.3) is 22.3 Å². The second-order valence-electron chi connectivity index (χ2n) is 11.2. The second-order valence-corrected chi connectivity index (χ2v) is 11.2. The molecule has 0 bridgehead atoms. The summed E-state index contributed by atoms with van der Waals surface area (Å²) in [6.45, 7) is 9.69. The third-order valence-corrected chi connectivity index (χ3v) is 8.08. The minimum atomic E-state index is -0.324. The highest BCUT2D eigenvalue weighted by Crippen LogP contribution is 2.29. The highest BCUT2D eigenvalue weighted by atomic mass is 16.5. The lowest BCUT2D eigenvalue weighted by atomic mass is 10.1. The third kappa shape index (κ3) is 8.84. The summed E-state index contributed by atoms with van der Waals surface area (Å²) >= 11 is 0. The number of hydrogen-bond donors (Lipinski definition) is 4. The number of fused-ring (bicyclic) bond motifs is 1. The van der Waals surface area contributed by atoms with Gasteiger partial charge in [0.05, 0.1) is 12.0 Å². The van der Waals surface area contributed by atoms with Crippen LogP contribution in [-0.4, -0.2) is 81.8 Å². The standard InChI is InChI=1S/C33H43N7O3/c1-25(27-8-4-2-5-9-27)36-32-29-22-30(37-33(29)35-24-34-32)28-13-11-26(12-14-28)23-40-17-15-39(16-18-40)19-21-43-20-7-3-6-10-31(41)38-42/h2,4-5,8-9,11-14,22,24-25,42H,3,6-7,10,15-21,23H2,1H3,(H,38,41)(H2,34,35,36,37). The molecule has 2 aromatic carbocycles. The summed E-state index contributed by atoms with van der Waals surface area (Å²) in [7, 11) is 0. The maximum Gasteiger partial charge on any atom is 0.243 e. The normalized spacial score (nSPS) is 15.0. The summed E-state index contributed by atoms with van der Waals surface area (Å²) in [4.78, 5) is 28.5. The molecule has 228 valence electrons. The number of carbonyl (C=O) groups excluding carboxylic acids is 1. The Hall–Kier alpha value is -3.83. The number of anilines is 1. The fourth-order valence-electron chi connectivity index (χ4n) is 5.48. The monoisotopic (exact) mass is 585 g/mol. The largest absolute Gasteiger partial charge is 0.380 e. The smallest absolute Gasteiger partial charge is 0.243 e. The van der Waals surface area contributed by atoms with Crippen molar-refractivity contribution < 1.29 is 14.7 Å². The minimum Gasteiger partial charge on any atom is -0.380 e. The van der Waals surface area contributed by atoms with Crippen LogP contribution < -0.4 is 10.8 Å². The van der Waals surface area contributed by atoms with Crippen molar-refractivity contribution in [1.29, 1.82) is 0 Å². The van der Waals surface area contributed by atoms with E-state index < -0.39 is 0 Å². The molecule has 1 atom stereocenters. The van der Waals surface area contributed by atoms with Gasteiger partial charge in [0.1, 0.15) is 17.8 Å². The van der Waals surface area contributed by atoms with Gasteiger partial charge in [-0.25, -0.2) is 15.4 Å². The molecule has 1 unspecified atom stereocenters. The van der Waals surface area contributed by atoms with Crippen LogP contribution in [0.2, 0.25) is 0 Å². The van der Waals surface area contributed by atoms with Gasteiger partial charge >= 0.3 is 0 Å². The summed E-state index contributed by atoms with van der Waals surface area (Å²) < 4.78 is 5.78. The van der Waals surface area contributed by atoms with Gasteiger partial charge in [-0.05, 0) is 42.5 Å². The molecule has 1 aliphatic heterocycles. The molecular weight excluding hydrogens is 542 g/mol. The molecule has 4 N–H and O–H groups in total. The number of hydroxylamine groups is 1. The lowest BCUT2D eigenvalue weighted by Crippen LogP contribution is -2.46. The molecule has 4 aromatic rings. The van der Waals surface area contributed by atoms with Crippen LogP contribution >= 0.6 is 0 Å². The summed E-state index contributed by atoms with van der Waals surface area (Å²) in [5.41, 5.74) is 7.17. The van der Waals surface area contributed by atoms with Gasteiger partial charge in [-0.2, -0.15) is 0 Å². The van der Waals surface area contributed by atoms with E-state index in [0.717, 1.165) is 93.2 Å².